The van der Waals surface area contributed by atoms with E-state index in [0.29, 0.717) is 17.2 Å². The topological polar surface area (TPSA) is 102 Å². The molecule has 3 N–H and O–H groups in total. The first kappa shape index (κ1) is 26.0. The zero-order valence-corrected chi connectivity index (χ0v) is 17.5. The number of methoxy groups -OCH3 is 1. The first-order chi connectivity index (χ1) is 15.7. The maximum Gasteiger partial charge on any atom is 0.416 e. The van der Waals surface area contributed by atoms with E-state index in [4.69, 9.17) is 9.47 Å². The predicted molar refractivity (Wildman–Crippen MR) is 122 cm³/mol. The molecule has 3 aromatic rings. The fraction of sp³-hybridized carbons (Fsp3) is 0.174. The van der Waals surface area contributed by atoms with Gasteiger partial charge in [0.05, 0.1) is 18.4 Å². The number of pyridine rings is 1. The van der Waals surface area contributed by atoms with Crippen LogP contribution in [0.25, 0.3) is 0 Å². The molecule has 180 valence electrons. The van der Waals surface area contributed by atoms with E-state index in [0.717, 1.165) is 18.2 Å². The van der Waals surface area contributed by atoms with Crippen LogP contribution in [0.4, 0.5) is 29.3 Å². The number of anilines is 2. The van der Waals surface area contributed by atoms with E-state index in [1.165, 1.54) is 26.4 Å². The fourth-order valence-electron chi connectivity index (χ4n) is 2.74. The standard InChI is InChI=1S/C22H19F3N4O4.CH4/c1-26-20(30)18-12-16(9-10-27-18)33-15-6-4-14(5-7-15)28-21(31)29-17-11-13(22(23,24)25)3-8-19(17)32-2;/h3-12H,1-2H3,(H,26,30)(H2,28,29,31);1H4. The molecular formula is C23H23F3N4O4. The number of carbonyl (C=O) groups excluding carboxylic acids is 2. The van der Waals surface area contributed by atoms with Crippen molar-refractivity contribution < 1.29 is 32.2 Å². The molecular weight excluding hydrogens is 453 g/mol. The summed E-state index contributed by atoms with van der Waals surface area (Å²) < 4.78 is 49.6. The van der Waals surface area contributed by atoms with Crippen molar-refractivity contribution in [2.75, 3.05) is 24.8 Å². The molecule has 11 heteroatoms. The van der Waals surface area contributed by atoms with Gasteiger partial charge in [-0.3, -0.25) is 9.78 Å². The van der Waals surface area contributed by atoms with Gasteiger partial charge in [-0.2, -0.15) is 13.2 Å². The molecule has 0 fully saturated rings. The highest BCUT2D eigenvalue weighted by molar-refractivity contribution is 6.00. The third-order valence-electron chi connectivity index (χ3n) is 4.31. The molecule has 8 nitrogen and oxygen atoms in total. The zero-order chi connectivity index (χ0) is 24.0. The maximum atomic E-state index is 13.0. The first-order valence-electron chi connectivity index (χ1n) is 9.49. The monoisotopic (exact) mass is 476 g/mol. The third-order valence-corrected chi connectivity index (χ3v) is 4.31. The van der Waals surface area contributed by atoms with E-state index in [1.807, 2.05) is 0 Å². The van der Waals surface area contributed by atoms with Crippen molar-refractivity contribution in [2.45, 2.75) is 13.6 Å². The maximum absolute atomic E-state index is 13.0. The van der Waals surface area contributed by atoms with Crippen molar-refractivity contribution >= 4 is 23.3 Å². The molecule has 0 saturated heterocycles. The van der Waals surface area contributed by atoms with Crippen LogP contribution in [-0.2, 0) is 6.18 Å². The Kier molecular flexibility index (Phi) is 8.43. The molecule has 0 unspecified atom stereocenters. The van der Waals surface area contributed by atoms with Gasteiger partial charge in [0, 0.05) is 25.0 Å². The minimum Gasteiger partial charge on any atom is -0.495 e. The number of nitrogens with zero attached hydrogens (tertiary/aromatic N) is 1. The van der Waals surface area contributed by atoms with E-state index < -0.39 is 17.8 Å². The summed E-state index contributed by atoms with van der Waals surface area (Å²) in [5, 5.41) is 7.33. The minimum absolute atomic E-state index is 0. The lowest BCUT2D eigenvalue weighted by molar-refractivity contribution is -0.137. The number of benzene rings is 2. The number of hydrogen-bond donors (Lipinski definition) is 3. The predicted octanol–water partition coefficient (Wildman–Crippen LogP) is 5.54. The Balaban J connectivity index is 0.00000408. The van der Waals surface area contributed by atoms with Crippen LogP contribution in [0.15, 0.2) is 60.8 Å². The SMILES string of the molecule is C.CNC(=O)c1cc(Oc2ccc(NC(=O)Nc3cc(C(F)(F)F)ccc3OC)cc2)ccn1. The molecule has 34 heavy (non-hydrogen) atoms. The summed E-state index contributed by atoms with van der Waals surface area (Å²) in [6.07, 6.45) is -3.13. The second kappa shape index (κ2) is 11.0. The molecule has 0 aliphatic heterocycles. The highest BCUT2D eigenvalue weighted by atomic mass is 19.4. The molecule has 0 aliphatic rings. The Morgan fingerprint density at radius 3 is 2.26 bits per heavy atom. The number of urea groups is 1. The van der Waals surface area contributed by atoms with Gasteiger partial charge in [-0.15, -0.1) is 0 Å². The van der Waals surface area contributed by atoms with E-state index in [2.05, 4.69) is 20.9 Å². The van der Waals surface area contributed by atoms with Crippen LogP contribution in [0.5, 0.6) is 17.2 Å². The Morgan fingerprint density at radius 2 is 1.65 bits per heavy atom. The number of nitrogens with one attached hydrogen (secondary N) is 3. The molecule has 0 saturated carbocycles. The van der Waals surface area contributed by atoms with E-state index in [-0.39, 0.29) is 30.5 Å². The third kappa shape index (κ3) is 6.61. The first-order valence-corrected chi connectivity index (χ1v) is 9.49. The molecule has 0 atom stereocenters. The normalized spacial score (nSPS) is 10.5. The van der Waals surface area contributed by atoms with Gasteiger partial charge in [-0.25, -0.2) is 4.79 Å². The smallest absolute Gasteiger partial charge is 0.416 e. The largest absolute Gasteiger partial charge is 0.495 e. The van der Waals surface area contributed by atoms with Crippen molar-refractivity contribution in [3.05, 3.63) is 72.1 Å². The van der Waals surface area contributed by atoms with Gasteiger partial charge in [0.25, 0.3) is 5.91 Å². The average Bonchev–Trinajstić information content (AvgIpc) is 2.79. The lowest BCUT2D eigenvalue weighted by Gasteiger charge is -2.14. The Morgan fingerprint density at radius 1 is 0.941 bits per heavy atom. The summed E-state index contributed by atoms with van der Waals surface area (Å²) in [4.78, 5) is 27.9. The Labute approximate surface area is 194 Å². The van der Waals surface area contributed by atoms with Crippen molar-refractivity contribution in [2.24, 2.45) is 0 Å². The van der Waals surface area contributed by atoms with Crippen LogP contribution in [0.1, 0.15) is 23.5 Å². The van der Waals surface area contributed by atoms with Gasteiger partial charge in [-0.05, 0) is 48.5 Å². The molecule has 3 amide bonds. The molecule has 0 aliphatic carbocycles. The fourth-order valence-corrected chi connectivity index (χ4v) is 2.74. The summed E-state index contributed by atoms with van der Waals surface area (Å²) in [5.41, 5.74) is -0.494. The molecule has 1 aromatic heterocycles. The van der Waals surface area contributed by atoms with Gasteiger partial charge in [0.2, 0.25) is 0 Å². The van der Waals surface area contributed by atoms with Crippen molar-refractivity contribution in [1.29, 1.82) is 0 Å². The Hall–Kier alpha value is -4.28. The number of aromatic nitrogens is 1. The van der Waals surface area contributed by atoms with Crippen LogP contribution >= 0.6 is 0 Å². The Bertz CT molecular complexity index is 1150. The molecule has 3 rings (SSSR count). The number of hydrogen-bond acceptors (Lipinski definition) is 5. The summed E-state index contributed by atoms with van der Waals surface area (Å²) >= 11 is 0. The number of halogens is 3. The van der Waals surface area contributed by atoms with Crippen molar-refractivity contribution in [3.8, 4) is 17.2 Å². The van der Waals surface area contributed by atoms with Gasteiger partial charge in [0.15, 0.2) is 0 Å². The number of carbonyl (C=O) groups is 2. The summed E-state index contributed by atoms with van der Waals surface area (Å²) in [6, 6.07) is 11.3. The van der Waals surface area contributed by atoms with Crippen LogP contribution in [-0.4, -0.2) is 31.1 Å². The number of ether oxygens (including phenoxy) is 2. The summed E-state index contributed by atoms with van der Waals surface area (Å²) in [5.74, 6) is 0.534. The highest BCUT2D eigenvalue weighted by Crippen LogP contribution is 2.35. The van der Waals surface area contributed by atoms with Gasteiger partial charge in [-0.1, -0.05) is 7.43 Å². The minimum atomic E-state index is -4.56. The van der Waals surface area contributed by atoms with Crippen molar-refractivity contribution in [3.63, 3.8) is 0 Å². The highest BCUT2D eigenvalue weighted by Gasteiger charge is 2.31. The zero-order valence-electron chi connectivity index (χ0n) is 17.5. The van der Waals surface area contributed by atoms with Gasteiger partial charge >= 0.3 is 12.2 Å². The number of alkyl halides is 3. The van der Waals surface area contributed by atoms with Crippen LogP contribution < -0.4 is 25.4 Å². The van der Waals surface area contributed by atoms with E-state index in [1.54, 1.807) is 30.3 Å². The second-order valence-electron chi connectivity index (χ2n) is 6.57. The molecule has 0 spiro atoms. The van der Waals surface area contributed by atoms with Crippen LogP contribution in [0.3, 0.4) is 0 Å². The molecule has 2 aromatic carbocycles. The molecule has 1 heterocycles. The second-order valence-corrected chi connectivity index (χ2v) is 6.57. The number of amides is 3. The number of rotatable bonds is 6. The van der Waals surface area contributed by atoms with Gasteiger partial charge in [0.1, 0.15) is 22.9 Å². The van der Waals surface area contributed by atoms with Crippen LogP contribution in [0, 0.1) is 0 Å². The summed E-state index contributed by atoms with van der Waals surface area (Å²) in [7, 11) is 2.77. The molecule has 0 radical (unpaired) electrons. The summed E-state index contributed by atoms with van der Waals surface area (Å²) in [6.45, 7) is 0. The lowest BCUT2D eigenvalue weighted by atomic mass is 10.2. The van der Waals surface area contributed by atoms with E-state index in [9.17, 15) is 22.8 Å². The quantitative estimate of drug-likeness (QED) is 0.434. The van der Waals surface area contributed by atoms with Crippen LogP contribution in [0.2, 0.25) is 0 Å². The average molecular weight is 476 g/mol. The molecule has 0 bridgehead atoms. The lowest BCUT2D eigenvalue weighted by Crippen LogP contribution is -2.20. The van der Waals surface area contributed by atoms with E-state index >= 15 is 0 Å². The van der Waals surface area contributed by atoms with Gasteiger partial charge < -0.3 is 25.4 Å². The van der Waals surface area contributed by atoms with Crippen molar-refractivity contribution in [1.82, 2.24) is 10.3 Å².